The number of hydrogen-bond acceptors (Lipinski definition) is 6. The number of rotatable bonds is 12. The van der Waals surface area contributed by atoms with Crippen molar-refractivity contribution < 1.29 is 23.8 Å². The highest BCUT2D eigenvalue weighted by atomic mass is 19.1. The molecule has 0 fully saturated rings. The van der Waals surface area contributed by atoms with Gasteiger partial charge in [0.05, 0.1) is 32.1 Å². The maximum atomic E-state index is 14.2. The summed E-state index contributed by atoms with van der Waals surface area (Å²) in [6, 6.07) is 24.3. The summed E-state index contributed by atoms with van der Waals surface area (Å²) in [5, 5.41) is 14.8. The maximum Gasteiger partial charge on any atom is 0.145 e. The van der Waals surface area contributed by atoms with E-state index in [-0.39, 0.29) is 18.5 Å². The minimum atomic E-state index is -0.683. The number of hydrogen-bond donors (Lipinski definition) is 1. The summed E-state index contributed by atoms with van der Waals surface area (Å²) in [7, 11) is 1.64. The molecular formula is C28H31FN2O4. The molecule has 0 bridgehead atoms. The van der Waals surface area contributed by atoms with E-state index in [1.165, 1.54) is 6.07 Å². The van der Waals surface area contributed by atoms with Crippen molar-refractivity contribution in [2.24, 2.45) is 5.16 Å². The lowest BCUT2D eigenvalue weighted by Crippen LogP contribution is -2.39. The van der Waals surface area contributed by atoms with E-state index in [4.69, 9.17) is 14.3 Å². The number of oxime groups is 1. The van der Waals surface area contributed by atoms with Gasteiger partial charge in [0.25, 0.3) is 0 Å². The highest BCUT2D eigenvalue weighted by Crippen LogP contribution is 2.21. The molecule has 0 aromatic heterocycles. The van der Waals surface area contributed by atoms with Crippen molar-refractivity contribution in [3.05, 3.63) is 101 Å². The summed E-state index contributed by atoms with van der Waals surface area (Å²) in [5.41, 5.74) is 3.17. The second-order valence-corrected chi connectivity index (χ2v) is 8.65. The van der Waals surface area contributed by atoms with E-state index in [9.17, 15) is 9.50 Å². The van der Waals surface area contributed by atoms with Gasteiger partial charge in [-0.1, -0.05) is 65.8 Å². The Morgan fingerprint density at radius 1 is 1.06 bits per heavy atom. The van der Waals surface area contributed by atoms with E-state index >= 15 is 0 Å². The molecule has 7 heteroatoms. The molecule has 1 heterocycles. The molecule has 1 N–H and O–H groups in total. The van der Waals surface area contributed by atoms with Gasteiger partial charge in [-0.15, -0.1) is 0 Å². The van der Waals surface area contributed by atoms with Gasteiger partial charge in [-0.25, -0.2) is 4.39 Å². The smallest absolute Gasteiger partial charge is 0.145 e. The first-order valence-corrected chi connectivity index (χ1v) is 11.7. The molecule has 1 aliphatic rings. The zero-order valence-electron chi connectivity index (χ0n) is 19.8. The Hall–Kier alpha value is -3.26. The molecular weight excluding hydrogens is 447 g/mol. The molecule has 3 aromatic rings. The fourth-order valence-corrected chi connectivity index (χ4v) is 4.14. The standard InChI is InChI=1S/C28H31FN2O4/c1-33-24-11-7-10-22(14-24)16-31(17-23(32)20-34-19-21-8-3-2-4-9-21)18-25-15-28(30-35-25)26-12-5-6-13-27(26)29/h2-14,23,25,32H,15-20H2,1H3/t23-,25-/m0/s1. The average Bonchev–Trinajstić information content (AvgIpc) is 3.33. The lowest BCUT2D eigenvalue weighted by molar-refractivity contribution is -0.00649. The molecule has 0 saturated heterocycles. The van der Waals surface area contributed by atoms with Gasteiger partial charge < -0.3 is 19.4 Å². The van der Waals surface area contributed by atoms with Crippen molar-refractivity contribution in [3.63, 3.8) is 0 Å². The van der Waals surface area contributed by atoms with Gasteiger partial charge in [-0.2, -0.15) is 0 Å². The van der Waals surface area contributed by atoms with Gasteiger partial charge in [-0.05, 0) is 29.3 Å². The number of halogens is 1. The van der Waals surface area contributed by atoms with Crippen LogP contribution in [0.3, 0.4) is 0 Å². The van der Waals surface area contributed by atoms with Crippen molar-refractivity contribution in [2.75, 3.05) is 26.8 Å². The van der Waals surface area contributed by atoms with Crippen molar-refractivity contribution in [3.8, 4) is 5.75 Å². The van der Waals surface area contributed by atoms with Crippen LogP contribution in [0.15, 0.2) is 84.0 Å². The van der Waals surface area contributed by atoms with Gasteiger partial charge in [0.15, 0.2) is 0 Å². The highest BCUT2D eigenvalue weighted by molar-refractivity contribution is 6.01. The van der Waals surface area contributed by atoms with Crippen LogP contribution in [0.1, 0.15) is 23.1 Å². The number of benzene rings is 3. The molecule has 1 aliphatic heterocycles. The minimum absolute atomic E-state index is 0.214. The molecule has 4 rings (SSSR count). The molecule has 35 heavy (non-hydrogen) atoms. The largest absolute Gasteiger partial charge is 0.497 e. The highest BCUT2D eigenvalue weighted by Gasteiger charge is 2.27. The third kappa shape index (κ3) is 7.36. The number of ether oxygens (including phenoxy) is 2. The summed E-state index contributed by atoms with van der Waals surface area (Å²) in [4.78, 5) is 7.76. The van der Waals surface area contributed by atoms with Crippen molar-refractivity contribution in [1.29, 1.82) is 0 Å². The van der Waals surface area contributed by atoms with Crippen LogP contribution in [0.2, 0.25) is 0 Å². The lowest BCUT2D eigenvalue weighted by Gasteiger charge is -2.27. The first kappa shape index (κ1) is 24.9. The monoisotopic (exact) mass is 478 g/mol. The maximum absolute atomic E-state index is 14.2. The number of aliphatic hydroxyl groups excluding tert-OH is 1. The van der Waals surface area contributed by atoms with Crippen LogP contribution in [-0.4, -0.2) is 54.7 Å². The Morgan fingerprint density at radius 2 is 1.83 bits per heavy atom. The number of methoxy groups -OCH3 is 1. The third-order valence-corrected chi connectivity index (χ3v) is 5.81. The number of nitrogens with zero attached hydrogens (tertiary/aromatic N) is 2. The van der Waals surface area contributed by atoms with Crippen LogP contribution >= 0.6 is 0 Å². The van der Waals surface area contributed by atoms with Gasteiger partial charge in [-0.3, -0.25) is 4.90 Å². The number of aliphatic hydroxyl groups is 1. The minimum Gasteiger partial charge on any atom is -0.497 e. The van der Waals surface area contributed by atoms with E-state index in [0.29, 0.717) is 43.9 Å². The summed E-state index contributed by atoms with van der Waals surface area (Å²) in [5.74, 6) is 0.464. The second kappa shape index (κ2) is 12.4. The fraction of sp³-hybridized carbons (Fsp3) is 0.321. The van der Waals surface area contributed by atoms with Crippen molar-refractivity contribution >= 4 is 5.71 Å². The normalized spacial score (nSPS) is 16.1. The Kier molecular flexibility index (Phi) is 8.84. The van der Waals surface area contributed by atoms with Gasteiger partial charge in [0, 0.05) is 31.6 Å². The van der Waals surface area contributed by atoms with E-state index in [1.54, 1.807) is 25.3 Å². The van der Waals surface area contributed by atoms with Crippen LogP contribution in [0.5, 0.6) is 5.75 Å². The average molecular weight is 479 g/mol. The second-order valence-electron chi connectivity index (χ2n) is 8.65. The topological polar surface area (TPSA) is 63.5 Å². The summed E-state index contributed by atoms with van der Waals surface area (Å²) >= 11 is 0. The Morgan fingerprint density at radius 3 is 2.63 bits per heavy atom. The lowest BCUT2D eigenvalue weighted by atomic mass is 10.0. The summed E-state index contributed by atoms with van der Waals surface area (Å²) < 4.78 is 25.3. The summed E-state index contributed by atoms with van der Waals surface area (Å²) in [6.07, 6.45) is -0.429. The van der Waals surface area contributed by atoms with E-state index < -0.39 is 6.10 Å². The molecule has 0 aliphatic carbocycles. The predicted molar refractivity (Wildman–Crippen MR) is 133 cm³/mol. The molecule has 2 atom stereocenters. The van der Waals surface area contributed by atoms with Crippen molar-refractivity contribution in [1.82, 2.24) is 4.90 Å². The van der Waals surface area contributed by atoms with Crippen LogP contribution in [0.4, 0.5) is 4.39 Å². The molecule has 6 nitrogen and oxygen atoms in total. The first-order valence-electron chi connectivity index (χ1n) is 11.7. The molecule has 0 amide bonds. The van der Waals surface area contributed by atoms with Crippen molar-refractivity contribution in [2.45, 2.75) is 31.8 Å². The predicted octanol–water partition coefficient (Wildman–Crippen LogP) is 4.41. The summed E-state index contributed by atoms with van der Waals surface area (Å²) in [6.45, 7) is 2.16. The van der Waals surface area contributed by atoms with E-state index in [1.807, 2.05) is 54.6 Å². The van der Waals surface area contributed by atoms with Gasteiger partial charge >= 0.3 is 0 Å². The SMILES string of the molecule is COc1cccc(CN(C[C@H](O)COCc2ccccc2)C[C@@H]2CC(c3ccccc3F)=NO2)c1. The molecule has 184 valence electrons. The third-order valence-electron chi connectivity index (χ3n) is 5.81. The Labute approximate surface area is 205 Å². The fourth-order valence-electron chi connectivity index (χ4n) is 4.14. The van der Waals surface area contributed by atoms with Crippen LogP contribution in [0.25, 0.3) is 0 Å². The van der Waals surface area contributed by atoms with E-state index in [2.05, 4.69) is 10.1 Å². The zero-order valence-corrected chi connectivity index (χ0v) is 19.8. The molecule has 0 saturated carbocycles. The Bertz CT molecular complexity index is 1110. The van der Waals surface area contributed by atoms with Crippen LogP contribution in [0, 0.1) is 5.82 Å². The van der Waals surface area contributed by atoms with Crippen LogP contribution in [-0.2, 0) is 22.7 Å². The molecule has 3 aromatic carbocycles. The van der Waals surface area contributed by atoms with Crippen LogP contribution < -0.4 is 4.74 Å². The van der Waals surface area contributed by atoms with E-state index in [0.717, 1.165) is 16.9 Å². The zero-order chi connectivity index (χ0) is 24.5. The first-order chi connectivity index (χ1) is 17.1. The molecule has 0 radical (unpaired) electrons. The van der Waals surface area contributed by atoms with Gasteiger partial charge in [0.1, 0.15) is 17.7 Å². The Balaban J connectivity index is 1.37. The van der Waals surface area contributed by atoms with Gasteiger partial charge in [0.2, 0.25) is 0 Å². The quantitative estimate of drug-likeness (QED) is 0.418. The molecule has 0 spiro atoms. The molecule has 0 unspecified atom stereocenters.